The lowest BCUT2D eigenvalue weighted by Gasteiger charge is -2.18. The average molecular weight is 293 g/mol. The molecule has 0 N–H and O–H groups in total. The minimum absolute atomic E-state index is 0.0715. The molecular weight excluding hydrogens is 266 g/mol. The van der Waals surface area contributed by atoms with Crippen molar-refractivity contribution in [3.63, 3.8) is 0 Å². The van der Waals surface area contributed by atoms with Gasteiger partial charge in [0.25, 0.3) is 0 Å². The molecule has 0 spiro atoms. The van der Waals surface area contributed by atoms with Gasteiger partial charge in [-0.05, 0) is 31.4 Å². The van der Waals surface area contributed by atoms with Crippen molar-refractivity contribution in [3.8, 4) is 0 Å². The van der Waals surface area contributed by atoms with Crippen LogP contribution in [0.15, 0.2) is 30.3 Å². The fraction of sp³-hybridized carbons (Fsp3) is 0.647. The zero-order valence-electron chi connectivity index (χ0n) is 13.2. The van der Waals surface area contributed by atoms with E-state index in [-0.39, 0.29) is 6.29 Å². The summed E-state index contributed by atoms with van der Waals surface area (Å²) < 4.78 is 16.4. The van der Waals surface area contributed by atoms with Crippen molar-refractivity contribution in [3.05, 3.63) is 35.9 Å². The van der Waals surface area contributed by atoms with Gasteiger partial charge in [0.15, 0.2) is 6.29 Å². The Morgan fingerprint density at radius 1 is 1.19 bits per heavy atom. The van der Waals surface area contributed by atoms with E-state index >= 15 is 0 Å². The van der Waals surface area contributed by atoms with Crippen molar-refractivity contribution in [2.75, 3.05) is 33.9 Å². The number of methoxy groups -OCH3 is 2. The highest BCUT2D eigenvalue weighted by Gasteiger charge is 2.22. The van der Waals surface area contributed by atoms with Crippen molar-refractivity contribution in [1.29, 1.82) is 0 Å². The van der Waals surface area contributed by atoms with Gasteiger partial charge >= 0.3 is 0 Å². The second-order valence-electron chi connectivity index (χ2n) is 5.55. The van der Waals surface area contributed by atoms with Crippen LogP contribution in [0.2, 0.25) is 0 Å². The van der Waals surface area contributed by atoms with Gasteiger partial charge in [-0.15, -0.1) is 0 Å². The molecule has 0 bridgehead atoms. The standard InChI is InChI=1S/C17H27NO3/c1-19-17(20-2)9-6-11-18-12-10-16(13-18)21-14-15-7-4-3-5-8-15/h3-5,7-8,16-17H,6,9-14H2,1-2H3/t16-/m0/s1. The fourth-order valence-corrected chi connectivity index (χ4v) is 2.74. The lowest BCUT2D eigenvalue weighted by molar-refractivity contribution is -0.107. The number of nitrogens with zero attached hydrogens (tertiary/aromatic N) is 1. The van der Waals surface area contributed by atoms with Gasteiger partial charge in [0.05, 0.1) is 12.7 Å². The van der Waals surface area contributed by atoms with Crippen LogP contribution in [0.3, 0.4) is 0 Å². The van der Waals surface area contributed by atoms with E-state index in [1.807, 2.05) is 6.07 Å². The van der Waals surface area contributed by atoms with Crippen molar-refractivity contribution < 1.29 is 14.2 Å². The summed E-state index contributed by atoms with van der Waals surface area (Å²) >= 11 is 0. The molecule has 1 aromatic carbocycles. The van der Waals surface area contributed by atoms with Gasteiger partial charge in [0.1, 0.15) is 0 Å². The number of hydrogen-bond donors (Lipinski definition) is 0. The lowest BCUT2D eigenvalue weighted by atomic mass is 10.2. The first kappa shape index (κ1) is 16.4. The Morgan fingerprint density at radius 2 is 1.95 bits per heavy atom. The number of likely N-dealkylation sites (tertiary alicyclic amines) is 1. The Kier molecular flexibility index (Phi) is 7.16. The maximum Gasteiger partial charge on any atom is 0.156 e. The molecule has 1 atom stereocenters. The molecule has 118 valence electrons. The Bertz CT molecular complexity index is 381. The van der Waals surface area contributed by atoms with E-state index in [0.29, 0.717) is 6.10 Å². The van der Waals surface area contributed by atoms with Crippen molar-refractivity contribution >= 4 is 0 Å². The zero-order chi connectivity index (χ0) is 14.9. The highest BCUT2D eigenvalue weighted by atomic mass is 16.7. The van der Waals surface area contributed by atoms with E-state index in [0.717, 1.165) is 45.5 Å². The van der Waals surface area contributed by atoms with Crippen LogP contribution in [0.1, 0.15) is 24.8 Å². The van der Waals surface area contributed by atoms with E-state index in [1.165, 1.54) is 5.56 Å². The monoisotopic (exact) mass is 293 g/mol. The minimum atomic E-state index is -0.0715. The fourth-order valence-electron chi connectivity index (χ4n) is 2.74. The van der Waals surface area contributed by atoms with Gasteiger partial charge in [-0.3, -0.25) is 0 Å². The summed E-state index contributed by atoms with van der Waals surface area (Å²) in [6.45, 7) is 3.98. The summed E-state index contributed by atoms with van der Waals surface area (Å²) in [5.41, 5.74) is 1.25. The molecule has 2 rings (SSSR count). The average Bonchev–Trinajstić information content (AvgIpc) is 2.98. The first-order valence-electron chi connectivity index (χ1n) is 7.75. The van der Waals surface area contributed by atoms with E-state index < -0.39 is 0 Å². The van der Waals surface area contributed by atoms with Gasteiger partial charge in [-0.25, -0.2) is 0 Å². The first-order chi connectivity index (χ1) is 10.3. The number of rotatable bonds is 9. The normalized spacial score (nSPS) is 19.5. The van der Waals surface area contributed by atoms with Gasteiger partial charge in [-0.2, -0.15) is 0 Å². The molecule has 21 heavy (non-hydrogen) atoms. The van der Waals surface area contributed by atoms with Crippen LogP contribution in [0.25, 0.3) is 0 Å². The number of benzene rings is 1. The predicted octanol–water partition coefficient (Wildman–Crippen LogP) is 2.68. The van der Waals surface area contributed by atoms with Crippen molar-refractivity contribution in [2.45, 2.75) is 38.3 Å². The Morgan fingerprint density at radius 3 is 2.67 bits per heavy atom. The van der Waals surface area contributed by atoms with Crippen LogP contribution < -0.4 is 0 Å². The highest BCUT2D eigenvalue weighted by molar-refractivity contribution is 5.13. The molecule has 0 amide bonds. The summed E-state index contributed by atoms with van der Waals surface area (Å²) in [5, 5.41) is 0. The van der Waals surface area contributed by atoms with Gasteiger partial charge in [0.2, 0.25) is 0 Å². The third-order valence-corrected chi connectivity index (χ3v) is 4.00. The molecule has 0 radical (unpaired) electrons. The zero-order valence-corrected chi connectivity index (χ0v) is 13.2. The van der Waals surface area contributed by atoms with Crippen molar-refractivity contribution in [1.82, 2.24) is 4.90 Å². The van der Waals surface area contributed by atoms with Crippen LogP contribution >= 0.6 is 0 Å². The van der Waals surface area contributed by atoms with Gasteiger partial charge in [-0.1, -0.05) is 30.3 Å². The summed E-state index contributed by atoms with van der Waals surface area (Å²) in [4.78, 5) is 2.47. The Labute approximate surface area is 128 Å². The largest absolute Gasteiger partial charge is 0.372 e. The topological polar surface area (TPSA) is 30.9 Å². The van der Waals surface area contributed by atoms with Crippen LogP contribution in [-0.4, -0.2) is 51.1 Å². The van der Waals surface area contributed by atoms with Crippen molar-refractivity contribution in [2.24, 2.45) is 0 Å². The van der Waals surface area contributed by atoms with E-state index in [1.54, 1.807) is 14.2 Å². The first-order valence-corrected chi connectivity index (χ1v) is 7.75. The van der Waals surface area contributed by atoms with Crippen LogP contribution in [0.5, 0.6) is 0 Å². The molecule has 1 aliphatic heterocycles. The van der Waals surface area contributed by atoms with Crippen LogP contribution in [-0.2, 0) is 20.8 Å². The maximum absolute atomic E-state index is 6.00. The van der Waals surface area contributed by atoms with E-state index in [9.17, 15) is 0 Å². The molecule has 0 aliphatic carbocycles. The second kappa shape index (κ2) is 9.15. The predicted molar refractivity (Wildman–Crippen MR) is 83.1 cm³/mol. The highest BCUT2D eigenvalue weighted by Crippen LogP contribution is 2.16. The molecule has 1 heterocycles. The lowest BCUT2D eigenvalue weighted by Crippen LogP contribution is -2.25. The number of ether oxygens (including phenoxy) is 3. The summed E-state index contributed by atoms with van der Waals surface area (Å²) in [6, 6.07) is 10.4. The molecule has 4 nitrogen and oxygen atoms in total. The molecule has 0 aromatic heterocycles. The third kappa shape index (κ3) is 5.75. The SMILES string of the molecule is COC(CCCN1CC[C@H](OCc2ccccc2)C1)OC. The second-order valence-corrected chi connectivity index (χ2v) is 5.55. The Hall–Kier alpha value is -0.940. The minimum Gasteiger partial charge on any atom is -0.372 e. The molecule has 1 aliphatic rings. The summed E-state index contributed by atoms with van der Waals surface area (Å²) in [5.74, 6) is 0. The molecule has 0 unspecified atom stereocenters. The smallest absolute Gasteiger partial charge is 0.156 e. The quantitative estimate of drug-likeness (QED) is 0.655. The number of hydrogen-bond acceptors (Lipinski definition) is 4. The van der Waals surface area contributed by atoms with E-state index in [2.05, 4.69) is 29.2 Å². The molecule has 1 saturated heterocycles. The molecule has 1 fully saturated rings. The Balaban J connectivity index is 1.60. The molecule has 4 heteroatoms. The third-order valence-electron chi connectivity index (χ3n) is 4.00. The van der Waals surface area contributed by atoms with Crippen LogP contribution in [0, 0.1) is 0 Å². The van der Waals surface area contributed by atoms with Crippen LogP contribution in [0.4, 0.5) is 0 Å². The maximum atomic E-state index is 6.00. The summed E-state index contributed by atoms with van der Waals surface area (Å²) in [7, 11) is 3.38. The van der Waals surface area contributed by atoms with Gasteiger partial charge < -0.3 is 19.1 Å². The van der Waals surface area contributed by atoms with E-state index in [4.69, 9.17) is 14.2 Å². The molecule has 1 aromatic rings. The molecule has 0 saturated carbocycles. The summed E-state index contributed by atoms with van der Waals surface area (Å²) in [6.07, 6.45) is 3.46. The molecular formula is C17H27NO3. The van der Waals surface area contributed by atoms with Gasteiger partial charge in [0, 0.05) is 27.3 Å².